The van der Waals surface area contributed by atoms with Crippen molar-refractivity contribution in [1.29, 1.82) is 0 Å². The highest BCUT2D eigenvalue weighted by molar-refractivity contribution is 6.30. The molecule has 24 heavy (non-hydrogen) atoms. The molecule has 0 aliphatic heterocycles. The molecule has 1 aromatic carbocycles. The molecule has 2 aromatic rings. The number of carbonyl (C=O) groups is 2. The number of aromatic nitrogens is 2. The van der Waals surface area contributed by atoms with Gasteiger partial charge in [-0.3, -0.25) is 14.3 Å². The van der Waals surface area contributed by atoms with Crippen molar-refractivity contribution in [2.45, 2.75) is 32.4 Å². The summed E-state index contributed by atoms with van der Waals surface area (Å²) >= 11 is 5.64. The van der Waals surface area contributed by atoms with E-state index in [-0.39, 0.29) is 11.4 Å². The number of carbonyl (C=O) groups excluding carboxylic acids is 1. The highest BCUT2D eigenvalue weighted by Crippen LogP contribution is 2.23. The molecule has 1 unspecified atom stereocenters. The Morgan fingerprint density at radius 3 is 2.83 bits per heavy atom. The van der Waals surface area contributed by atoms with Crippen molar-refractivity contribution in [1.82, 2.24) is 15.1 Å². The number of rotatable bonds is 7. The van der Waals surface area contributed by atoms with Gasteiger partial charge in [0.05, 0.1) is 29.2 Å². The van der Waals surface area contributed by atoms with E-state index in [4.69, 9.17) is 16.7 Å². The zero-order valence-electron chi connectivity index (χ0n) is 13.0. The number of nitrogens with zero attached hydrogens (tertiary/aromatic N) is 2. The molecule has 0 aliphatic rings. The van der Waals surface area contributed by atoms with Crippen LogP contribution in [0, 0.1) is 5.82 Å². The van der Waals surface area contributed by atoms with Crippen LogP contribution in [0.5, 0.6) is 0 Å². The predicted octanol–water partition coefficient (Wildman–Crippen LogP) is 3.03. The number of hydrogen-bond acceptors (Lipinski definition) is 3. The molecule has 2 rings (SSSR count). The standard InChI is InChI=1S/C16H17ClFN3O3/c1-2-5-21-9-11(8-19-21)16(24)20-14(7-15(22)23)10-3-4-12(17)13(18)6-10/h3-4,6,8-9,14H,2,5,7H2,1H3,(H,20,24)(H,22,23). The summed E-state index contributed by atoms with van der Waals surface area (Å²) in [5, 5.41) is 15.6. The van der Waals surface area contributed by atoms with Crippen LogP contribution in [0.15, 0.2) is 30.6 Å². The summed E-state index contributed by atoms with van der Waals surface area (Å²) in [4.78, 5) is 23.4. The van der Waals surface area contributed by atoms with Crippen LogP contribution in [0.4, 0.5) is 4.39 Å². The molecular formula is C16H17ClFN3O3. The quantitative estimate of drug-likeness (QED) is 0.801. The first-order valence-corrected chi connectivity index (χ1v) is 7.78. The molecule has 0 aliphatic carbocycles. The maximum atomic E-state index is 13.6. The van der Waals surface area contributed by atoms with Crippen molar-refractivity contribution in [3.05, 3.63) is 52.6 Å². The molecule has 0 saturated carbocycles. The average molecular weight is 354 g/mol. The summed E-state index contributed by atoms with van der Waals surface area (Å²) in [6.45, 7) is 2.66. The topological polar surface area (TPSA) is 84.2 Å². The van der Waals surface area contributed by atoms with E-state index in [0.717, 1.165) is 12.5 Å². The zero-order chi connectivity index (χ0) is 17.7. The average Bonchev–Trinajstić information content (AvgIpc) is 2.98. The zero-order valence-corrected chi connectivity index (χ0v) is 13.8. The lowest BCUT2D eigenvalue weighted by molar-refractivity contribution is -0.137. The van der Waals surface area contributed by atoms with E-state index < -0.39 is 23.7 Å². The summed E-state index contributed by atoms with van der Waals surface area (Å²) in [5.41, 5.74) is 0.641. The van der Waals surface area contributed by atoms with E-state index in [1.54, 1.807) is 10.9 Å². The Hall–Kier alpha value is -2.41. The minimum atomic E-state index is -1.11. The summed E-state index contributed by atoms with van der Waals surface area (Å²) in [5.74, 6) is -2.26. The highest BCUT2D eigenvalue weighted by atomic mass is 35.5. The third-order valence-electron chi connectivity index (χ3n) is 3.38. The van der Waals surface area contributed by atoms with Crippen LogP contribution in [-0.2, 0) is 11.3 Å². The van der Waals surface area contributed by atoms with Crippen molar-refractivity contribution in [2.24, 2.45) is 0 Å². The van der Waals surface area contributed by atoms with Crippen molar-refractivity contribution in [3.8, 4) is 0 Å². The van der Waals surface area contributed by atoms with Crippen molar-refractivity contribution < 1.29 is 19.1 Å². The third kappa shape index (κ3) is 4.55. The lowest BCUT2D eigenvalue weighted by Crippen LogP contribution is -2.30. The third-order valence-corrected chi connectivity index (χ3v) is 3.68. The molecule has 128 valence electrons. The van der Waals surface area contributed by atoms with Crippen molar-refractivity contribution in [2.75, 3.05) is 0 Å². The van der Waals surface area contributed by atoms with E-state index in [1.165, 1.54) is 18.3 Å². The van der Waals surface area contributed by atoms with Gasteiger partial charge in [0, 0.05) is 12.7 Å². The Labute approximate surface area is 143 Å². The van der Waals surface area contributed by atoms with E-state index in [1.807, 2.05) is 6.92 Å². The van der Waals surface area contributed by atoms with Gasteiger partial charge in [-0.1, -0.05) is 24.6 Å². The van der Waals surface area contributed by atoms with Gasteiger partial charge in [-0.05, 0) is 24.1 Å². The molecule has 0 bridgehead atoms. The largest absolute Gasteiger partial charge is 0.481 e. The summed E-state index contributed by atoms with van der Waals surface area (Å²) < 4.78 is 15.2. The minimum Gasteiger partial charge on any atom is -0.481 e. The number of hydrogen-bond donors (Lipinski definition) is 2. The number of nitrogens with one attached hydrogen (secondary N) is 1. The first-order chi connectivity index (χ1) is 11.4. The molecule has 0 radical (unpaired) electrons. The first kappa shape index (κ1) is 17.9. The summed E-state index contributed by atoms with van der Waals surface area (Å²) in [6.07, 6.45) is 3.48. The predicted molar refractivity (Wildman–Crippen MR) is 86.4 cm³/mol. The fourth-order valence-electron chi connectivity index (χ4n) is 2.23. The molecule has 8 heteroatoms. The molecule has 1 atom stereocenters. The Balaban J connectivity index is 2.19. The lowest BCUT2D eigenvalue weighted by Gasteiger charge is -2.17. The fraction of sp³-hybridized carbons (Fsp3) is 0.312. The molecule has 0 fully saturated rings. The second kappa shape index (κ2) is 7.92. The molecule has 2 N–H and O–H groups in total. The number of benzene rings is 1. The lowest BCUT2D eigenvalue weighted by atomic mass is 10.0. The van der Waals surface area contributed by atoms with Crippen LogP contribution in [0.2, 0.25) is 5.02 Å². The molecule has 1 amide bonds. The molecular weight excluding hydrogens is 337 g/mol. The summed E-state index contributed by atoms with van der Waals surface area (Å²) in [6, 6.07) is 3.06. The van der Waals surface area contributed by atoms with E-state index >= 15 is 0 Å². The van der Waals surface area contributed by atoms with E-state index in [9.17, 15) is 14.0 Å². The molecule has 0 spiro atoms. The van der Waals surface area contributed by atoms with Gasteiger partial charge in [-0.2, -0.15) is 5.10 Å². The first-order valence-electron chi connectivity index (χ1n) is 7.40. The monoisotopic (exact) mass is 353 g/mol. The van der Waals surface area contributed by atoms with Crippen LogP contribution in [0.25, 0.3) is 0 Å². The van der Waals surface area contributed by atoms with Gasteiger partial charge in [0.2, 0.25) is 0 Å². The van der Waals surface area contributed by atoms with Crippen LogP contribution >= 0.6 is 11.6 Å². The Morgan fingerprint density at radius 2 is 2.21 bits per heavy atom. The van der Waals surface area contributed by atoms with Gasteiger partial charge in [0.25, 0.3) is 5.91 Å². The Bertz CT molecular complexity index is 748. The van der Waals surface area contributed by atoms with Gasteiger partial charge in [-0.25, -0.2) is 4.39 Å². The molecule has 1 heterocycles. The molecule has 6 nitrogen and oxygen atoms in total. The van der Waals surface area contributed by atoms with E-state index in [2.05, 4.69) is 10.4 Å². The molecule has 1 aromatic heterocycles. The van der Waals surface area contributed by atoms with Crippen molar-refractivity contribution in [3.63, 3.8) is 0 Å². The van der Waals surface area contributed by atoms with Gasteiger partial charge in [-0.15, -0.1) is 0 Å². The SMILES string of the molecule is CCCn1cc(C(=O)NC(CC(=O)O)c2ccc(Cl)c(F)c2)cn1. The van der Waals surface area contributed by atoms with Gasteiger partial charge in [0.1, 0.15) is 5.82 Å². The number of carboxylic acids is 1. The smallest absolute Gasteiger partial charge is 0.305 e. The van der Waals surface area contributed by atoms with Gasteiger partial charge in [0.15, 0.2) is 0 Å². The maximum Gasteiger partial charge on any atom is 0.305 e. The normalized spacial score (nSPS) is 12.0. The Morgan fingerprint density at radius 1 is 1.46 bits per heavy atom. The number of amides is 1. The summed E-state index contributed by atoms with van der Waals surface area (Å²) in [7, 11) is 0. The molecule has 0 saturated heterocycles. The van der Waals surface area contributed by atoms with Crippen molar-refractivity contribution >= 4 is 23.5 Å². The van der Waals surface area contributed by atoms with Gasteiger partial charge < -0.3 is 10.4 Å². The fourth-order valence-corrected chi connectivity index (χ4v) is 2.35. The van der Waals surface area contributed by atoms with Crippen LogP contribution in [0.3, 0.4) is 0 Å². The van der Waals surface area contributed by atoms with E-state index in [0.29, 0.717) is 17.7 Å². The number of aliphatic carboxylic acids is 1. The number of aryl methyl sites for hydroxylation is 1. The van der Waals surface area contributed by atoms with Crippen LogP contribution in [-0.4, -0.2) is 26.8 Å². The Kier molecular flexibility index (Phi) is 5.92. The number of carboxylic acid groups (broad SMARTS) is 1. The number of halogens is 2. The van der Waals surface area contributed by atoms with Crippen LogP contribution < -0.4 is 5.32 Å². The second-order valence-electron chi connectivity index (χ2n) is 5.29. The maximum absolute atomic E-state index is 13.6. The van der Waals surface area contributed by atoms with Gasteiger partial charge >= 0.3 is 5.97 Å². The highest BCUT2D eigenvalue weighted by Gasteiger charge is 2.20. The second-order valence-corrected chi connectivity index (χ2v) is 5.70. The van der Waals surface area contributed by atoms with Crippen LogP contribution in [0.1, 0.15) is 41.7 Å². The minimum absolute atomic E-state index is 0.0695.